The molecule has 0 unspecified atom stereocenters. The van der Waals surface area contributed by atoms with Gasteiger partial charge in [0.1, 0.15) is 12.4 Å². The van der Waals surface area contributed by atoms with Gasteiger partial charge in [-0.1, -0.05) is 29.4 Å². The van der Waals surface area contributed by atoms with E-state index in [9.17, 15) is 4.39 Å². The third-order valence-corrected chi connectivity index (χ3v) is 2.78. The summed E-state index contributed by atoms with van der Waals surface area (Å²) in [5.74, 6) is -0.270. The highest BCUT2D eigenvalue weighted by molar-refractivity contribution is 7.11. The van der Waals surface area contributed by atoms with Crippen LogP contribution in [0.25, 0.3) is 0 Å². The number of hydrogen-bond acceptors (Lipinski definition) is 3. The van der Waals surface area contributed by atoms with E-state index in [-0.39, 0.29) is 12.4 Å². The van der Waals surface area contributed by atoms with E-state index in [4.69, 9.17) is 4.84 Å². The second-order valence-corrected chi connectivity index (χ2v) is 4.09. The van der Waals surface area contributed by atoms with Gasteiger partial charge in [0.25, 0.3) is 0 Å². The highest BCUT2D eigenvalue weighted by Gasteiger charge is 1.99. The molecule has 2 rings (SSSR count). The van der Waals surface area contributed by atoms with Crippen LogP contribution in [0.5, 0.6) is 0 Å². The Kier molecular flexibility index (Phi) is 3.66. The van der Waals surface area contributed by atoms with Crippen molar-refractivity contribution < 1.29 is 9.23 Å². The van der Waals surface area contributed by atoms with E-state index < -0.39 is 0 Å². The lowest BCUT2D eigenvalue weighted by atomic mass is 10.2. The molecule has 1 heterocycles. The summed E-state index contributed by atoms with van der Waals surface area (Å²) in [5.41, 5.74) is 0.505. The fourth-order valence-corrected chi connectivity index (χ4v) is 1.75. The molecule has 2 aromatic rings. The predicted octanol–water partition coefficient (Wildman–Crippen LogP) is 3.44. The predicted molar refractivity (Wildman–Crippen MR) is 63.1 cm³/mol. The van der Waals surface area contributed by atoms with Gasteiger partial charge in [0.2, 0.25) is 0 Å². The average Bonchev–Trinajstić information content (AvgIpc) is 2.79. The van der Waals surface area contributed by atoms with Gasteiger partial charge >= 0.3 is 0 Å². The van der Waals surface area contributed by atoms with E-state index >= 15 is 0 Å². The van der Waals surface area contributed by atoms with Gasteiger partial charge < -0.3 is 4.84 Å². The summed E-state index contributed by atoms with van der Waals surface area (Å²) in [5, 5.41) is 5.73. The number of benzene rings is 1. The molecule has 0 N–H and O–H groups in total. The Hall–Kier alpha value is -1.68. The quantitative estimate of drug-likeness (QED) is 0.587. The summed E-state index contributed by atoms with van der Waals surface area (Å²) in [6, 6.07) is 10.4. The van der Waals surface area contributed by atoms with Crippen molar-refractivity contribution in [3.05, 3.63) is 58.0 Å². The molecule has 1 aromatic carbocycles. The minimum absolute atomic E-state index is 0.147. The molecule has 82 valence electrons. The van der Waals surface area contributed by atoms with Gasteiger partial charge in [0.05, 0.1) is 6.21 Å². The fraction of sp³-hybridized carbons (Fsp3) is 0.0833. The van der Waals surface area contributed by atoms with E-state index in [1.807, 2.05) is 17.5 Å². The number of rotatable bonds is 4. The van der Waals surface area contributed by atoms with Crippen molar-refractivity contribution in [2.24, 2.45) is 5.16 Å². The Morgan fingerprint density at radius 2 is 2.12 bits per heavy atom. The van der Waals surface area contributed by atoms with Crippen LogP contribution in [0.4, 0.5) is 4.39 Å². The normalized spacial score (nSPS) is 10.8. The lowest BCUT2D eigenvalue weighted by molar-refractivity contribution is 0.129. The van der Waals surface area contributed by atoms with E-state index in [1.165, 1.54) is 6.07 Å². The summed E-state index contributed by atoms with van der Waals surface area (Å²) in [4.78, 5) is 6.02. The Morgan fingerprint density at radius 1 is 1.25 bits per heavy atom. The number of hydrogen-bond donors (Lipinski definition) is 0. The first kappa shape index (κ1) is 10.8. The highest BCUT2D eigenvalue weighted by Crippen LogP contribution is 2.08. The number of oxime groups is 1. The smallest absolute Gasteiger partial charge is 0.145 e. The van der Waals surface area contributed by atoms with Crippen molar-refractivity contribution in [3.63, 3.8) is 0 Å². The van der Waals surface area contributed by atoms with Crippen molar-refractivity contribution in [2.75, 3.05) is 0 Å². The van der Waals surface area contributed by atoms with Crippen molar-refractivity contribution in [3.8, 4) is 0 Å². The molecule has 0 aliphatic rings. The first-order chi connectivity index (χ1) is 7.86. The Balaban J connectivity index is 1.87. The monoisotopic (exact) mass is 235 g/mol. The minimum atomic E-state index is -0.270. The topological polar surface area (TPSA) is 21.6 Å². The molecule has 1 aromatic heterocycles. The fourth-order valence-electron chi connectivity index (χ4n) is 1.18. The molecule has 0 bridgehead atoms. The molecule has 16 heavy (non-hydrogen) atoms. The molecule has 0 fully saturated rings. The molecule has 0 atom stereocenters. The molecule has 2 nitrogen and oxygen atoms in total. The van der Waals surface area contributed by atoms with Crippen LogP contribution >= 0.6 is 11.3 Å². The van der Waals surface area contributed by atoms with Gasteiger partial charge in [-0.05, 0) is 17.5 Å². The van der Waals surface area contributed by atoms with E-state index in [0.29, 0.717) is 5.56 Å². The number of halogens is 1. The van der Waals surface area contributed by atoms with Crippen LogP contribution in [0.2, 0.25) is 0 Å². The lowest BCUT2D eigenvalue weighted by Crippen LogP contribution is -1.91. The van der Waals surface area contributed by atoms with Crippen molar-refractivity contribution in [1.29, 1.82) is 0 Å². The Morgan fingerprint density at radius 3 is 2.88 bits per heavy atom. The molecule has 0 radical (unpaired) electrons. The van der Waals surface area contributed by atoms with Crippen molar-refractivity contribution in [2.45, 2.75) is 6.61 Å². The third-order valence-electron chi connectivity index (χ3n) is 1.98. The van der Waals surface area contributed by atoms with Crippen LogP contribution in [0.1, 0.15) is 10.4 Å². The van der Waals surface area contributed by atoms with Crippen LogP contribution in [0.3, 0.4) is 0 Å². The molecule has 0 aliphatic heterocycles. The molecule has 0 amide bonds. The summed E-state index contributed by atoms with van der Waals surface area (Å²) < 4.78 is 13.2. The third kappa shape index (κ3) is 2.90. The van der Waals surface area contributed by atoms with Gasteiger partial charge in [0, 0.05) is 10.4 Å². The van der Waals surface area contributed by atoms with Crippen LogP contribution < -0.4 is 0 Å². The Bertz CT molecular complexity index is 468. The van der Waals surface area contributed by atoms with Gasteiger partial charge in [-0.25, -0.2) is 4.39 Å². The number of thiophene rings is 1. The maximum atomic E-state index is 13.2. The first-order valence-corrected chi connectivity index (χ1v) is 5.66. The molecular weight excluding hydrogens is 225 g/mol. The van der Waals surface area contributed by atoms with Crippen LogP contribution in [0.15, 0.2) is 46.9 Å². The molecule has 0 aliphatic carbocycles. The summed E-state index contributed by atoms with van der Waals surface area (Å²) in [6.45, 7) is 0.147. The zero-order chi connectivity index (χ0) is 11.2. The second-order valence-electron chi connectivity index (χ2n) is 3.11. The maximum Gasteiger partial charge on any atom is 0.145 e. The summed E-state index contributed by atoms with van der Waals surface area (Å²) in [7, 11) is 0. The number of nitrogens with zero attached hydrogens (tertiary/aromatic N) is 1. The van der Waals surface area contributed by atoms with E-state index in [2.05, 4.69) is 5.16 Å². The SMILES string of the molecule is Fc1ccccc1CON=Cc1cccs1. The maximum absolute atomic E-state index is 13.2. The van der Waals surface area contributed by atoms with Gasteiger partial charge in [-0.15, -0.1) is 11.3 Å². The van der Waals surface area contributed by atoms with E-state index in [0.717, 1.165) is 4.88 Å². The molecule has 4 heteroatoms. The minimum Gasteiger partial charge on any atom is -0.391 e. The zero-order valence-corrected chi connectivity index (χ0v) is 9.28. The van der Waals surface area contributed by atoms with Crippen molar-refractivity contribution in [1.82, 2.24) is 0 Å². The van der Waals surface area contributed by atoms with Crippen LogP contribution in [-0.2, 0) is 11.4 Å². The molecule has 0 saturated heterocycles. The summed E-state index contributed by atoms with van der Waals surface area (Å²) >= 11 is 1.57. The van der Waals surface area contributed by atoms with Gasteiger partial charge in [0.15, 0.2) is 0 Å². The average molecular weight is 235 g/mol. The van der Waals surface area contributed by atoms with E-state index in [1.54, 1.807) is 35.8 Å². The lowest BCUT2D eigenvalue weighted by Gasteiger charge is -2.00. The van der Waals surface area contributed by atoms with Crippen LogP contribution in [0, 0.1) is 5.82 Å². The Labute approximate surface area is 97.0 Å². The van der Waals surface area contributed by atoms with Gasteiger partial charge in [-0.2, -0.15) is 0 Å². The molecule has 0 saturated carbocycles. The second kappa shape index (κ2) is 5.42. The first-order valence-electron chi connectivity index (χ1n) is 4.78. The van der Waals surface area contributed by atoms with Crippen LogP contribution in [-0.4, -0.2) is 6.21 Å². The molecular formula is C12H10FNOS. The molecule has 0 spiro atoms. The largest absolute Gasteiger partial charge is 0.391 e. The van der Waals surface area contributed by atoms with Crippen molar-refractivity contribution >= 4 is 17.6 Å². The summed E-state index contributed by atoms with van der Waals surface area (Å²) in [6.07, 6.45) is 1.62. The van der Waals surface area contributed by atoms with Gasteiger partial charge in [-0.3, -0.25) is 0 Å². The highest BCUT2D eigenvalue weighted by atomic mass is 32.1. The zero-order valence-electron chi connectivity index (χ0n) is 8.47. The standard InChI is InChI=1S/C12H10FNOS/c13-12-6-2-1-4-10(12)9-15-14-8-11-5-3-7-16-11/h1-8H,9H2.